The molecule has 1 amide bonds. The quantitative estimate of drug-likeness (QED) is 0.719. The highest BCUT2D eigenvalue weighted by atomic mass is 19.1. The first kappa shape index (κ1) is 16.4. The van der Waals surface area contributed by atoms with E-state index in [9.17, 15) is 9.18 Å². The average molecular weight is 282 g/mol. The van der Waals surface area contributed by atoms with Crippen molar-refractivity contribution in [1.29, 1.82) is 0 Å². The van der Waals surface area contributed by atoms with Gasteiger partial charge in [-0.05, 0) is 45.0 Å². The van der Waals surface area contributed by atoms with Gasteiger partial charge in [-0.3, -0.25) is 4.79 Å². The van der Waals surface area contributed by atoms with Crippen LogP contribution < -0.4 is 15.4 Å². The number of carbonyl (C=O) groups excluding carboxylic acids is 1. The summed E-state index contributed by atoms with van der Waals surface area (Å²) in [5, 5.41) is 5.89. The number of halogens is 1. The van der Waals surface area contributed by atoms with Gasteiger partial charge in [0.15, 0.2) is 6.10 Å². The highest BCUT2D eigenvalue weighted by Crippen LogP contribution is 2.21. The normalized spacial score (nSPS) is 12.0. The molecule has 1 unspecified atom stereocenters. The standard InChI is InChI=1S/C15H23FN2O2/c1-4-8-17-10-12-9-13(16)6-7-14(12)20-11(3)15(19)18-5-2/h6-7,9,11,17H,4-5,8,10H2,1-3H3,(H,18,19). The van der Waals surface area contributed by atoms with Crippen LogP contribution in [0.15, 0.2) is 18.2 Å². The Hall–Kier alpha value is -1.62. The Morgan fingerprint density at radius 1 is 1.40 bits per heavy atom. The van der Waals surface area contributed by atoms with Crippen molar-refractivity contribution >= 4 is 5.91 Å². The molecule has 0 fully saturated rings. The van der Waals surface area contributed by atoms with Gasteiger partial charge in [-0.1, -0.05) is 6.92 Å². The van der Waals surface area contributed by atoms with Crippen LogP contribution in [0.2, 0.25) is 0 Å². The molecule has 0 aromatic heterocycles. The molecule has 0 radical (unpaired) electrons. The molecule has 0 aliphatic carbocycles. The molecule has 1 aromatic carbocycles. The lowest BCUT2D eigenvalue weighted by atomic mass is 10.2. The number of hydrogen-bond acceptors (Lipinski definition) is 3. The summed E-state index contributed by atoms with van der Waals surface area (Å²) < 4.78 is 18.9. The number of amides is 1. The molecule has 0 saturated carbocycles. The minimum atomic E-state index is -0.606. The van der Waals surface area contributed by atoms with E-state index in [1.165, 1.54) is 12.1 Å². The number of ether oxygens (including phenoxy) is 1. The lowest BCUT2D eigenvalue weighted by Crippen LogP contribution is -2.36. The van der Waals surface area contributed by atoms with Gasteiger partial charge < -0.3 is 15.4 Å². The van der Waals surface area contributed by atoms with E-state index in [-0.39, 0.29) is 11.7 Å². The molecule has 0 bridgehead atoms. The second kappa shape index (κ2) is 8.53. The Morgan fingerprint density at radius 3 is 2.80 bits per heavy atom. The third-order valence-electron chi connectivity index (χ3n) is 2.79. The molecule has 0 heterocycles. The summed E-state index contributed by atoms with van der Waals surface area (Å²) in [5.41, 5.74) is 0.717. The van der Waals surface area contributed by atoms with Crippen LogP contribution in [0.3, 0.4) is 0 Å². The van der Waals surface area contributed by atoms with Crippen LogP contribution in [0, 0.1) is 5.82 Å². The van der Waals surface area contributed by atoms with E-state index in [0.717, 1.165) is 18.5 Å². The van der Waals surface area contributed by atoms with Gasteiger partial charge in [0.05, 0.1) is 0 Å². The number of hydrogen-bond donors (Lipinski definition) is 2. The van der Waals surface area contributed by atoms with Gasteiger partial charge >= 0.3 is 0 Å². The summed E-state index contributed by atoms with van der Waals surface area (Å²) in [6.07, 6.45) is 0.395. The fourth-order valence-corrected chi connectivity index (χ4v) is 1.76. The molecule has 2 N–H and O–H groups in total. The zero-order valence-corrected chi connectivity index (χ0v) is 12.3. The smallest absolute Gasteiger partial charge is 0.260 e. The second-order valence-corrected chi connectivity index (χ2v) is 4.58. The molecular weight excluding hydrogens is 259 g/mol. The lowest BCUT2D eigenvalue weighted by Gasteiger charge is -2.17. The first-order valence-electron chi connectivity index (χ1n) is 7.02. The molecule has 1 aromatic rings. The summed E-state index contributed by atoms with van der Waals surface area (Å²) in [6.45, 7) is 7.51. The molecule has 1 atom stereocenters. The Bertz CT molecular complexity index is 438. The lowest BCUT2D eigenvalue weighted by molar-refractivity contribution is -0.127. The van der Waals surface area contributed by atoms with Gasteiger partial charge in [-0.2, -0.15) is 0 Å². The summed E-state index contributed by atoms with van der Waals surface area (Å²) in [5.74, 6) is 0.0503. The first-order chi connectivity index (χ1) is 9.58. The first-order valence-corrected chi connectivity index (χ1v) is 7.02. The van der Waals surface area contributed by atoms with Gasteiger partial charge in [0.1, 0.15) is 11.6 Å². The van der Waals surface area contributed by atoms with Crippen molar-refractivity contribution < 1.29 is 13.9 Å². The molecule has 0 aliphatic heterocycles. The van der Waals surface area contributed by atoms with Gasteiger partial charge in [-0.25, -0.2) is 4.39 Å². The van der Waals surface area contributed by atoms with Crippen molar-refractivity contribution in [3.63, 3.8) is 0 Å². The third kappa shape index (κ3) is 5.17. The molecule has 112 valence electrons. The Balaban J connectivity index is 2.74. The molecule has 4 nitrogen and oxygen atoms in total. The Labute approximate surface area is 119 Å². The minimum Gasteiger partial charge on any atom is -0.481 e. The highest BCUT2D eigenvalue weighted by Gasteiger charge is 2.15. The molecular formula is C15H23FN2O2. The van der Waals surface area contributed by atoms with Crippen molar-refractivity contribution in [2.45, 2.75) is 39.8 Å². The van der Waals surface area contributed by atoms with Crippen LogP contribution in [0.25, 0.3) is 0 Å². The van der Waals surface area contributed by atoms with E-state index in [0.29, 0.717) is 18.8 Å². The minimum absolute atomic E-state index is 0.177. The maximum atomic E-state index is 13.3. The van der Waals surface area contributed by atoms with Crippen LogP contribution >= 0.6 is 0 Å². The van der Waals surface area contributed by atoms with Crippen LogP contribution in [0.5, 0.6) is 5.75 Å². The van der Waals surface area contributed by atoms with Crippen LogP contribution in [-0.4, -0.2) is 25.1 Å². The predicted octanol–water partition coefficient (Wildman–Crippen LogP) is 2.23. The monoisotopic (exact) mass is 282 g/mol. The molecule has 1 rings (SSSR count). The van der Waals surface area contributed by atoms with Crippen molar-refractivity contribution in [1.82, 2.24) is 10.6 Å². The number of likely N-dealkylation sites (N-methyl/N-ethyl adjacent to an activating group) is 1. The number of nitrogens with one attached hydrogen (secondary N) is 2. The molecule has 0 aliphatic rings. The number of carbonyl (C=O) groups is 1. The Kier molecular flexibility index (Phi) is 7.01. The zero-order chi connectivity index (χ0) is 15.0. The largest absolute Gasteiger partial charge is 0.481 e. The summed E-state index contributed by atoms with van der Waals surface area (Å²) in [7, 11) is 0. The van der Waals surface area contributed by atoms with Crippen molar-refractivity contribution in [2.24, 2.45) is 0 Å². The van der Waals surface area contributed by atoms with Gasteiger partial charge in [0.25, 0.3) is 5.91 Å². The van der Waals surface area contributed by atoms with Gasteiger partial charge in [-0.15, -0.1) is 0 Å². The molecule has 5 heteroatoms. The van der Waals surface area contributed by atoms with Crippen molar-refractivity contribution in [3.8, 4) is 5.75 Å². The summed E-state index contributed by atoms with van der Waals surface area (Å²) in [4.78, 5) is 11.7. The topological polar surface area (TPSA) is 50.4 Å². The van der Waals surface area contributed by atoms with E-state index in [2.05, 4.69) is 17.6 Å². The number of benzene rings is 1. The Morgan fingerprint density at radius 2 is 2.15 bits per heavy atom. The fourth-order valence-electron chi connectivity index (χ4n) is 1.76. The van der Waals surface area contributed by atoms with E-state index in [1.807, 2.05) is 6.92 Å². The SMILES string of the molecule is CCCNCc1cc(F)ccc1OC(C)C(=O)NCC. The van der Waals surface area contributed by atoms with Gasteiger partial charge in [0.2, 0.25) is 0 Å². The van der Waals surface area contributed by atoms with E-state index in [4.69, 9.17) is 4.74 Å². The van der Waals surface area contributed by atoms with Crippen molar-refractivity contribution in [2.75, 3.05) is 13.1 Å². The van der Waals surface area contributed by atoms with E-state index < -0.39 is 6.10 Å². The summed E-state index contributed by atoms with van der Waals surface area (Å²) >= 11 is 0. The average Bonchev–Trinajstić information content (AvgIpc) is 2.42. The van der Waals surface area contributed by atoms with Crippen LogP contribution in [0.4, 0.5) is 4.39 Å². The zero-order valence-electron chi connectivity index (χ0n) is 12.3. The van der Waals surface area contributed by atoms with Gasteiger partial charge in [0, 0.05) is 18.7 Å². The number of rotatable bonds is 8. The van der Waals surface area contributed by atoms with Crippen LogP contribution in [-0.2, 0) is 11.3 Å². The van der Waals surface area contributed by atoms with Crippen LogP contribution in [0.1, 0.15) is 32.8 Å². The maximum absolute atomic E-state index is 13.3. The predicted molar refractivity (Wildman–Crippen MR) is 77.2 cm³/mol. The van der Waals surface area contributed by atoms with Crippen molar-refractivity contribution in [3.05, 3.63) is 29.6 Å². The summed E-state index contributed by atoms with van der Waals surface area (Å²) in [6, 6.07) is 4.33. The molecule has 20 heavy (non-hydrogen) atoms. The highest BCUT2D eigenvalue weighted by molar-refractivity contribution is 5.80. The maximum Gasteiger partial charge on any atom is 0.260 e. The second-order valence-electron chi connectivity index (χ2n) is 4.58. The van der Waals surface area contributed by atoms with E-state index in [1.54, 1.807) is 13.0 Å². The molecule has 0 spiro atoms. The third-order valence-corrected chi connectivity index (χ3v) is 2.79. The molecule has 0 saturated heterocycles. The van der Waals surface area contributed by atoms with E-state index >= 15 is 0 Å². The fraction of sp³-hybridized carbons (Fsp3) is 0.533.